The number of aliphatic carboxylic acids is 1. The van der Waals surface area contributed by atoms with Crippen molar-refractivity contribution in [3.05, 3.63) is 0 Å². The van der Waals surface area contributed by atoms with E-state index in [1.54, 1.807) is 0 Å². The number of carbonyl (C=O) groups excluding carboxylic acids is 1. The standard InChI is InChI=1S/C11H22N2O3/c1-8(2)6-4-5-7-12-11(16)13-9(3)10(14)15/h8-9H,4-7H2,1-3H3,(H,14,15)(H2,12,13,16)/t9-/m0/s1. The third-order valence-corrected chi connectivity index (χ3v) is 2.21. The van der Waals surface area contributed by atoms with Crippen molar-refractivity contribution in [1.82, 2.24) is 10.6 Å². The number of amides is 2. The number of carboxylic acids is 1. The molecule has 0 aliphatic rings. The van der Waals surface area contributed by atoms with Crippen LogP contribution in [-0.4, -0.2) is 29.7 Å². The van der Waals surface area contributed by atoms with Gasteiger partial charge in [-0.25, -0.2) is 4.79 Å². The molecular weight excluding hydrogens is 208 g/mol. The number of carbonyl (C=O) groups is 2. The van der Waals surface area contributed by atoms with Crippen LogP contribution in [-0.2, 0) is 4.79 Å². The van der Waals surface area contributed by atoms with Crippen molar-refractivity contribution in [2.24, 2.45) is 5.92 Å². The van der Waals surface area contributed by atoms with Gasteiger partial charge >= 0.3 is 12.0 Å². The lowest BCUT2D eigenvalue weighted by Gasteiger charge is -2.10. The first-order valence-electron chi connectivity index (χ1n) is 5.70. The van der Waals surface area contributed by atoms with Crippen LogP contribution in [0.5, 0.6) is 0 Å². The molecule has 0 aromatic carbocycles. The van der Waals surface area contributed by atoms with Gasteiger partial charge in [-0.15, -0.1) is 0 Å². The summed E-state index contributed by atoms with van der Waals surface area (Å²) < 4.78 is 0. The van der Waals surface area contributed by atoms with Crippen LogP contribution in [0.4, 0.5) is 4.79 Å². The summed E-state index contributed by atoms with van der Waals surface area (Å²) in [7, 11) is 0. The molecule has 0 aliphatic carbocycles. The molecule has 0 radical (unpaired) electrons. The van der Waals surface area contributed by atoms with Gasteiger partial charge in [-0.3, -0.25) is 4.79 Å². The van der Waals surface area contributed by atoms with Crippen molar-refractivity contribution >= 4 is 12.0 Å². The Kier molecular flexibility index (Phi) is 7.33. The smallest absolute Gasteiger partial charge is 0.325 e. The molecule has 0 aromatic heterocycles. The quantitative estimate of drug-likeness (QED) is 0.581. The van der Waals surface area contributed by atoms with E-state index in [9.17, 15) is 9.59 Å². The van der Waals surface area contributed by atoms with E-state index in [2.05, 4.69) is 24.5 Å². The van der Waals surface area contributed by atoms with E-state index in [0.717, 1.165) is 19.3 Å². The molecule has 94 valence electrons. The van der Waals surface area contributed by atoms with Crippen molar-refractivity contribution < 1.29 is 14.7 Å². The molecule has 0 spiro atoms. The molecule has 0 aliphatic heterocycles. The first-order valence-corrected chi connectivity index (χ1v) is 5.70. The van der Waals surface area contributed by atoms with Gasteiger partial charge in [-0.05, 0) is 19.3 Å². The minimum absolute atomic E-state index is 0.417. The van der Waals surface area contributed by atoms with E-state index in [1.807, 2.05) is 0 Å². The lowest BCUT2D eigenvalue weighted by atomic mass is 10.1. The molecule has 0 rings (SSSR count). The summed E-state index contributed by atoms with van der Waals surface area (Å²) in [5.41, 5.74) is 0. The van der Waals surface area contributed by atoms with Crippen molar-refractivity contribution in [2.45, 2.75) is 46.1 Å². The molecule has 0 unspecified atom stereocenters. The Morgan fingerprint density at radius 1 is 1.19 bits per heavy atom. The number of unbranched alkanes of at least 4 members (excludes halogenated alkanes) is 1. The van der Waals surface area contributed by atoms with E-state index in [0.29, 0.717) is 12.5 Å². The molecular formula is C11H22N2O3. The molecule has 0 saturated carbocycles. The zero-order valence-electron chi connectivity index (χ0n) is 10.2. The molecule has 0 bridgehead atoms. The van der Waals surface area contributed by atoms with E-state index in [1.165, 1.54) is 6.92 Å². The first kappa shape index (κ1) is 14.7. The van der Waals surface area contributed by atoms with Crippen LogP contribution in [0.15, 0.2) is 0 Å². The highest BCUT2D eigenvalue weighted by Gasteiger charge is 2.12. The molecule has 5 heteroatoms. The normalized spacial score (nSPS) is 12.2. The SMILES string of the molecule is CC(C)CCCCNC(=O)N[C@@H](C)C(=O)O. The predicted octanol–water partition coefficient (Wildman–Crippen LogP) is 1.58. The third-order valence-electron chi connectivity index (χ3n) is 2.21. The van der Waals surface area contributed by atoms with Crippen LogP contribution in [0.25, 0.3) is 0 Å². The topological polar surface area (TPSA) is 78.4 Å². The van der Waals surface area contributed by atoms with Crippen LogP contribution >= 0.6 is 0 Å². The average Bonchev–Trinajstić information content (AvgIpc) is 2.16. The summed E-state index contributed by atoms with van der Waals surface area (Å²) in [5, 5.41) is 13.5. The van der Waals surface area contributed by atoms with E-state index in [-0.39, 0.29) is 0 Å². The maximum absolute atomic E-state index is 11.2. The van der Waals surface area contributed by atoms with Gasteiger partial charge in [0.1, 0.15) is 6.04 Å². The van der Waals surface area contributed by atoms with Crippen LogP contribution in [0.1, 0.15) is 40.0 Å². The van der Waals surface area contributed by atoms with E-state index < -0.39 is 18.0 Å². The highest BCUT2D eigenvalue weighted by atomic mass is 16.4. The molecule has 0 heterocycles. The number of rotatable bonds is 7. The van der Waals surface area contributed by atoms with Gasteiger partial charge in [0.15, 0.2) is 0 Å². The number of hydrogen-bond acceptors (Lipinski definition) is 2. The Hall–Kier alpha value is -1.26. The fourth-order valence-electron chi connectivity index (χ4n) is 1.19. The monoisotopic (exact) mass is 230 g/mol. The predicted molar refractivity (Wildman–Crippen MR) is 62.3 cm³/mol. The number of urea groups is 1. The Morgan fingerprint density at radius 2 is 1.81 bits per heavy atom. The van der Waals surface area contributed by atoms with Crippen molar-refractivity contribution in [3.63, 3.8) is 0 Å². The number of nitrogens with one attached hydrogen (secondary N) is 2. The minimum Gasteiger partial charge on any atom is -0.480 e. The van der Waals surface area contributed by atoms with Crippen molar-refractivity contribution in [2.75, 3.05) is 6.54 Å². The second-order valence-corrected chi connectivity index (χ2v) is 4.35. The minimum atomic E-state index is -1.03. The molecule has 5 nitrogen and oxygen atoms in total. The van der Waals surface area contributed by atoms with Crippen LogP contribution < -0.4 is 10.6 Å². The molecule has 0 fully saturated rings. The largest absolute Gasteiger partial charge is 0.480 e. The zero-order valence-corrected chi connectivity index (χ0v) is 10.2. The average molecular weight is 230 g/mol. The Bertz CT molecular complexity index is 229. The van der Waals surface area contributed by atoms with Crippen LogP contribution in [0.3, 0.4) is 0 Å². The third kappa shape index (κ3) is 8.08. The number of carboxylic acid groups (broad SMARTS) is 1. The molecule has 0 aromatic rings. The van der Waals surface area contributed by atoms with Crippen LogP contribution in [0.2, 0.25) is 0 Å². The lowest BCUT2D eigenvalue weighted by molar-refractivity contribution is -0.138. The van der Waals surface area contributed by atoms with E-state index >= 15 is 0 Å². The highest BCUT2D eigenvalue weighted by molar-refractivity contribution is 5.82. The summed E-state index contributed by atoms with van der Waals surface area (Å²) in [6, 6.07) is -1.27. The van der Waals surface area contributed by atoms with E-state index in [4.69, 9.17) is 5.11 Å². The fourth-order valence-corrected chi connectivity index (χ4v) is 1.19. The molecule has 2 amide bonds. The van der Waals surface area contributed by atoms with Gasteiger partial charge in [-0.1, -0.05) is 26.7 Å². The van der Waals surface area contributed by atoms with Crippen LogP contribution in [0, 0.1) is 5.92 Å². The summed E-state index contributed by atoms with van der Waals surface area (Å²) in [6.45, 7) is 6.34. The van der Waals surface area contributed by atoms with Crippen molar-refractivity contribution in [3.8, 4) is 0 Å². The van der Waals surface area contributed by atoms with Gasteiger partial charge in [0.25, 0.3) is 0 Å². The summed E-state index contributed by atoms with van der Waals surface area (Å²) in [5.74, 6) is -0.351. The summed E-state index contributed by atoms with van der Waals surface area (Å²) >= 11 is 0. The first-order chi connectivity index (χ1) is 7.43. The molecule has 3 N–H and O–H groups in total. The Morgan fingerprint density at radius 3 is 2.31 bits per heavy atom. The van der Waals surface area contributed by atoms with Gasteiger partial charge in [-0.2, -0.15) is 0 Å². The highest BCUT2D eigenvalue weighted by Crippen LogP contribution is 2.04. The molecule has 16 heavy (non-hydrogen) atoms. The number of hydrogen-bond donors (Lipinski definition) is 3. The van der Waals surface area contributed by atoms with Gasteiger partial charge in [0.2, 0.25) is 0 Å². The van der Waals surface area contributed by atoms with Gasteiger partial charge in [0.05, 0.1) is 0 Å². The maximum atomic E-state index is 11.2. The summed E-state index contributed by atoms with van der Waals surface area (Å²) in [6.07, 6.45) is 3.15. The second kappa shape index (κ2) is 7.96. The van der Waals surface area contributed by atoms with Gasteiger partial charge < -0.3 is 15.7 Å². The second-order valence-electron chi connectivity index (χ2n) is 4.35. The van der Waals surface area contributed by atoms with Crippen molar-refractivity contribution in [1.29, 1.82) is 0 Å². The fraction of sp³-hybridized carbons (Fsp3) is 0.818. The molecule has 0 saturated heterocycles. The lowest BCUT2D eigenvalue weighted by Crippen LogP contribution is -2.44. The Labute approximate surface area is 96.6 Å². The van der Waals surface area contributed by atoms with Gasteiger partial charge in [0, 0.05) is 6.54 Å². The summed E-state index contributed by atoms with van der Waals surface area (Å²) in [4.78, 5) is 21.6. The molecule has 1 atom stereocenters. The maximum Gasteiger partial charge on any atom is 0.325 e. The Balaban J connectivity index is 3.48. The zero-order chi connectivity index (χ0) is 12.6.